The highest BCUT2D eigenvalue weighted by atomic mass is 127. The van der Waals surface area contributed by atoms with E-state index >= 15 is 0 Å². The van der Waals surface area contributed by atoms with Gasteiger partial charge in [-0.3, -0.25) is 4.99 Å². The van der Waals surface area contributed by atoms with Crippen LogP contribution in [-0.2, 0) is 14.8 Å². The molecule has 2 N–H and O–H groups in total. The Morgan fingerprint density at radius 3 is 2.36 bits per heavy atom. The molecule has 0 bridgehead atoms. The fourth-order valence-corrected chi connectivity index (χ4v) is 3.48. The average Bonchev–Trinajstić information content (AvgIpc) is 2.46. The van der Waals surface area contributed by atoms with Gasteiger partial charge in [0.05, 0.1) is 12.3 Å². The summed E-state index contributed by atoms with van der Waals surface area (Å²) < 4.78 is 29.9. The third kappa shape index (κ3) is 10.1. The second-order valence-corrected chi connectivity index (χ2v) is 9.58. The van der Waals surface area contributed by atoms with Crippen LogP contribution in [0.15, 0.2) is 4.99 Å². The van der Waals surface area contributed by atoms with Crippen LogP contribution in [0.25, 0.3) is 0 Å². The van der Waals surface area contributed by atoms with E-state index in [1.165, 1.54) is 10.6 Å². The quantitative estimate of drug-likeness (QED) is 0.212. The second kappa shape index (κ2) is 12.0. The summed E-state index contributed by atoms with van der Waals surface area (Å²) in [6.45, 7) is 12.6. The summed E-state index contributed by atoms with van der Waals surface area (Å²) in [7, 11) is -3.16. The summed E-state index contributed by atoms with van der Waals surface area (Å²) in [6, 6.07) is 0.124. The molecule has 0 saturated carbocycles. The maximum absolute atomic E-state index is 12.0. The number of carbonyl (C=O) groups is 1. The molecule has 1 fully saturated rings. The molecule has 0 aliphatic carbocycles. The number of amides is 1. The zero-order valence-electron chi connectivity index (χ0n) is 17.8. The number of ether oxygens (including phenoxy) is 1. The highest BCUT2D eigenvalue weighted by molar-refractivity contribution is 14.0. The Hall–Kier alpha value is -0.820. The molecule has 0 aromatic carbocycles. The van der Waals surface area contributed by atoms with E-state index < -0.39 is 15.6 Å². The normalized spacial score (nSPS) is 15.7. The van der Waals surface area contributed by atoms with E-state index in [4.69, 9.17) is 4.74 Å². The molecular weight excluding hydrogens is 497 g/mol. The maximum Gasteiger partial charge on any atom is 0.410 e. The van der Waals surface area contributed by atoms with Gasteiger partial charge in [0.15, 0.2) is 5.96 Å². The molecule has 0 atom stereocenters. The van der Waals surface area contributed by atoms with E-state index in [1.807, 2.05) is 34.6 Å². The van der Waals surface area contributed by atoms with Crippen molar-refractivity contribution in [1.29, 1.82) is 0 Å². The molecule has 1 heterocycles. The lowest BCUT2D eigenvalue weighted by molar-refractivity contribution is 0.00700. The fourth-order valence-electron chi connectivity index (χ4n) is 2.56. The predicted molar refractivity (Wildman–Crippen MR) is 123 cm³/mol. The summed E-state index contributed by atoms with van der Waals surface area (Å²) in [5.41, 5.74) is -0.496. The number of hydrogen-bond donors (Lipinski definition) is 2. The summed E-state index contributed by atoms with van der Waals surface area (Å²) in [4.78, 5) is 18.1. The molecule has 0 aromatic rings. The topological polar surface area (TPSA) is 103 Å². The third-order valence-electron chi connectivity index (χ3n) is 3.88. The molecule has 28 heavy (non-hydrogen) atoms. The molecule has 1 rings (SSSR count). The van der Waals surface area contributed by atoms with Gasteiger partial charge in [0.2, 0.25) is 10.0 Å². The molecule has 9 nitrogen and oxygen atoms in total. The van der Waals surface area contributed by atoms with Crippen LogP contribution in [0.2, 0.25) is 0 Å². The van der Waals surface area contributed by atoms with Gasteiger partial charge < -0.3 is 20.3 Å². The van der Waals surface area contributed by atoms with Gasteiger partial charge in [-0.15, -0.1) is 24.0 Å². The number of nitrogens with one attached hydrogen (secondary N) is 2. The number of rotatable bonds is 8. The molecule has 11 heteroatoms. The molecule has 0 unspecified atom stereocenters. The maximum atomic E-state index is 12.0. The van der Waals surface area contributed by atoms with Crippen molar-refractivity contribution in [2.75, 3.05) is 45.5 Å². The predicted octanol–water partition coefficient (Wildman–Crippen LogP) is 1.45. The number of likely N-dealkylation sites (tertiary alicyclic amines) is 1. The Morgan fingerprint density at radius 2 is 1.89 bits per heavy atom. The van der Waals surface area contributed by atoms with Crippen LogP contribution in [0.1, 0.15) is 41.0 Å². The molecule has 0 spiro atoms. The zero-order valence-corrected chi connectivity index (χ0v) is 21.0. The van der Waals surface area contributed by atoms with E-state index in [0.717, 1.165) is 6.54 Å². The Kier molecular flexibility index (Phi) is 11.7. The number of sulfonamides is 1. The first-order valence-electron chi connectivity index (χ1n) is 9.44. The molecule has 166 valence electrons. The molecule has 1 amide bonds. The van der Waals surface area contributed by atoms with Crippen molar-refractivity contribution in [3.05, 3.63) is 0 Å². The number of halogens is 1. The van der Waals surface area contributed by atoms with Crippen LogP contribution in [-0.4, -0.2) is 86.8 Å². The van der Waals surface area contributed by atoms with Gasteiger partial charge in [-0.2, -0.15) is 0 Å². The SMILES string of the molecule is CCNC(=NCCCN(CC)S(C)(=O)=O)NC1CN(C(=O)OC(C)(C)C)C1.I. The van der Waals surface area contributed by atoms with Crippen LogP contribution in [0.4, 0.5) is 4.79 Å². The number of nitrogens with zero attached hydrogens (tertiary/aromatic N) is 3. The molecule has 0 aromatic heterocycles. The Labute approximate surface area is 186 Å². The first-order valence-corrected chi connectivity index (χ1v) is 11.3. The zero-order chi connectivity index (χ0) is 20.7. The number of guanidine groups is 1. The Balaban J connectivity index is 0.00000729. The summed E-state index contributed by atoms with van der Waals surface area (Å²) in [5, 5.41) is 6.46. The molecule has 0 radical (unpaired) electrons. The molecule has 1 saturated heterocycles. The van der Waals surface area contributed by atoms with Crippen molar-refractivity contribution in [2.45, 2.75) is 52.7 Å². The largest absolute Gasteiger partial charge is 0.444 e. The standard InChI is InChI=1S/C17H35N5O4S.HI/c1-7-18-15(19-10-9-11-22(8-2)27(6,24)25)20-14-12-21(13-14)16(23)26-17(3,4)5;/h14H,7-13H2,1-6H3,(H2,18,19,20);1H. The lowest BCUT2D eigenvalue weighted by Gasteiger charge is -2.40. The van der Waals surface area contributed by atoms with Gasteiger partial charge in [0.25, 0.3) is 0 Å². The van der Waals surface area contributed by atoms with E-state index in [-0.39, 0.29) is 36.1 Å². The third-order valence-corrected chi connectivity index (χ3v) is 5.25. The van der Waals surface area contributed by atoms with Crippen molar-refractivity contribution >= 4 is 46.1 Å². The van der Waals surface area contributed by atoms with Gasteiger partial charge in [-0.1, -0.05) is 6.92 Å². The number of hydrogen-bond acceptors (Lipinski definition) is 5. The van der Waals surface area contributed by atoms with Gasteiger partial charge in [0.1, 0.15) is 5.60 Å². The van der Waals surface area contributed by atoms with Crippen LogP contribution in [0.5, 0.6) is 0 Å². The minimum Gasteiger partial charge on any atom is -0.444 e. The Morgan fingerprint density at radius 1 is 1.29 bits per heavy atom. The van der Waals surface area contributed by atoms with Crippen LogP contribution < -0.4 is 10.6 Å². The van der Waals surface area contributed by atoms with Crippen molar-refractivity contribution in [3.63, 3.8) is 0 Å². The van der Waals surface area contributed by atoms with Crippen LogP contribution in [0.3, 0.4) is 0 Å². The molecular formula is C17H36IN5O4S. The fraction of sp³-hybridized carbons (Fsp3) is 0.882. The minimum atomic E-state index is -3.16. The van der Waals surface area contributed by atoms with E-state index in [2.05, 4.69) is 15.6 Å². The van der Waals surface area contributed by atoms with Crippen molar-refractivity contribution < 1.29 is 17.9 Å². The average molecular weight is 533 g/mol. The van der Waals surface area contributed by atoms with E-state index in [9.17, 15) is 13.2 Å². The number of aliphatic imine (C=N–C) groups is 1. The second-order valence-electron chi connectivity index (χ2n) is 7.60. The minimum absolute atomic E-state index is 0. The monoisotopic (exact) mass is 533 g/mol. The lowest BCUT2D eigenvalue weighted by atomic mass is 10.1. The van der Waals surface area contributed by atoms with Gasteiger partial charge >= 0.3 is 6.09 Å². The first-order chi connectivity index (χ1) is 12.5. The van der Waals surface area contributed by atoms with Crippen molar-refractivity contribution in [1.82, 2.24) is 19.8 Å². The lowest BCUT2D eigenvalue weighted by Crippen LogP contribution is -2.63. The first kappa shape index (κ1) is 27.2. The number of carbonyl (C=O) groups excluding carboxylic acids is 1. The summed E-state index contributed by atoms with van der Waals surface area (Å²) >= 11 is 0. The van der Waals surface area contributed by atoms with Crippen molar-refractivity contribution in [2.24, 2.45) is 4.99 Å². The van der Waals surface area contributed by atoms with Crippen LogP contribution >= 0.6 is 24.0 Å². The van der Waals surface area contributed by atoms with Gasteiger partial charge in [-0.25, -0.2) is 17.5 Å². The highest BCUT2D eigenvalue weighted by Crippen LogP contribution is 2.15. The Bertz CT molecular complexity index is 616. The summed E-state index contributed by atoms with van der Waals surface area (Å²) in [6.07, 6.45) is 1.56. The van der Waals surface area contributed by atoms with Gasteiger partial charge in [-0.05, 0) is 34.1 Å². The van der Waals surface area contributed by atoms with E-state index in [1.54, 1.807) is 4.90 Å². The molecule has 1 aliphatic heterocycles. The van der Waals surface area contributed by atoms with Crippen LogP contribution in [0, 0.1) is 0 Å². The smallest absolute Gasteiger partial charge is 0.410 e. The van der Waals surface area contributed by atoms with Gasteiger partial charge in [0, 0.05) is 39.3 Å². The molecule has 1 aliphatic rings. The van der Waals surface area contributed by atoms with Crippen molar-refractivity contribution in [3.8, 4) is 0 Å². The summed E-state index contributed by atoms with van der Waals surface area (Å²) in [5.74, 6) is 0.675. The highest BCUT2D eigenvalue weighted by Gasteiger charge is 2.34. The van der Waals surface area contributed by atoms with E-state index in [0.29, 0.717) is 45.1 Å².